The third kappa shape index (κ3) is 7.41. The summed E-state index contributed by atoms with van der Waals surface area (Å²) in [6.07, 6.45) is 12.8. The largest absolute Gasteiger partial charge is 0.504 e. The molecule has 1 atom stereocenters. The number of phenols is 1. The van der Waals surface area contributed by atoms with Gasteiger partial charge in [-0.3, -0.25) is 0 Å². The fourth-order valence-corrected chi connectivity index (χ4v) is 4.93. The second kappa shape index (κ2) is 14.2. The molecule has 0 radical (unpaired) electrons. The van der Waals surface area contributed by atoms with Crippen molar-refractivity contribution in [2.45, 2.75) is 97.3 Å². The lowest BCUT2D eigenvalue weighted by Gasteiger charge is -2.16. The van der Waals surface area contributed by atoms with Crippen molar-refractivity contribution in [2.75, 3.05) is 0 Å². The maximum atomic E-state index is 15.1. The van der Waals surface area contributed by atoms with Gasteiger partial charge in [0.15, 0.2) is 11.6 Å². The average Bonchev–Trinajstić information content (AvgIpc) is 2.88. The topological polar surface area (TPSA) is 20.2 Å². The zero-order valence-electron chi connectivity index (χ0n) is 22.3. The van der Waals surface area contributed by atoms with Gasteiger partial charge in [0.25, 0.3) is 0 Å². The van der Waals surface area contributed by atoms with E-state index in [-0.39, 0.29) is 11.7 Å². The summed E-state index contributed by atoms with van der Waals surface area (Å²) in [5, 5.41) is 10.6. The van der Waals surface area contributed by atoms with Crippen LogP contribution in [0.25, 0.3) is 22.3 Å². The highest BCUT2D eigenvalue weighted by Gasteiger charge is 2.19. The summed E-state index contributed by atoms with van der Waals surface area (Å²) in [5.74, 6) is -1.35. The molecule has 0 amide bonds. The lowest BCUT2D eigenvalue weighted by atomic mass is 9.91. The number of benzene rings is 3. The third-order valence-electron chi connectivity index (χ3n) is 7.28. The summed E-state index contributed by atoms with van der Waals surface area (Å²) in [6.45, 7) is 6.36. The van der Waals surface area contributed by atoms with E-state index in [0.29, 0.717) is 22.3 Å². The van der Waals surface area contributed by atoms with Crippen molar-refractivity contribution in [1.82, 2.24) is 0 Å². The van der Waals surface area contributed by atoms with Crippen molar-refractivity contribution in [3.05, 3.63) is 77.4 Å². The highest BCUT2D eigenvalue weighted by atomic mass is 19.1. The van der Waals surface area contributed by atoms with Gasteiger partial charge in [-0.25, -0.2) is 8.78 Å². The lowest BCUT2D eigenvalue weighted by molar-refractivity contribution is 0.425. The Hall–Kier alpha value is -2.68. The molecule has 1 nitrogen and oxygen atoms in total. The molecule has 0 heterocycles. The van der Waals surface area contributed by atoms with Crippen LogP contribution in [0.4, 0.5) is 8.78 Å². The van der Waals surface area contributed by atoms with E-state index in [2.05, 4.69) is 26.0 Å². The zero-order chi connectivity index (χ0) is 25.9. The first-order chi connectivity index (χ1) is 17.5. The molecule has 0 aliphatic heterocycles. The quantitative estimate of drug-likeness (QED) is 0.222. The van der Waals surface area contributed by atoms with Crippen molar-refractivity contribution < 1.29 is 13.9 Å². The van der Waals surface area contributed by atoms with Crippen molar-refractivity contribution in [2.24, 2.45) is 0 Å². The Morgan fingerprint density at radius 2 is 1.31 bits per heavy atom. The second-order valence-electron chi connectivity index (χ2n) is 10.2. The first-order valence-electron chi connectivity index (χ1n) is 13.9. The zero-order valence-corrected chi connectivity index (χ0v) is 22.3. The van der Waals surface area contributed by atoms with Crippen LogP contribution >= 0.6 is 0 Å². The van der Waals surface area contributed by atoms with Gasteiger partial charge in [0, 0.05) is 11.1 Å². The Morgan fingerprint density at radius 1 is 0.694 bits per heavy atom. The van der Waals surface area contributed by atoms with E-state index in [1.165, 1.54) is 50.2 Å². The molecular weight excluding hydrogens is 450 g/mol. The van der Waals surface area contributed by atoms with Gasteiger partial charge in [0.05, 0.1) is 0 Å². The number of halogens is 2. The number of hydrogen-bond acceptors (Lipinski definition) is 1. The molecule has 0 aromatic heterocycles. The van der Waals surface area contributed by atoms with Gasteiger partial charge in [-0.05, 0) is 53.5 Å². The Bertz CT molecular complexity index is 1090. The van der Waals surface area contributed by atoms with Crippen LogP contribution in [0.2, 0.25) is 0 Å². The van der Waals surface area contributed by atoms with Gasteiger partial charge in [-0.1, -0.05) is 121 Å². The van der Waals surface area contributed by atoms with Crippen LogP contribution in [-0.4, -0.2) is 5.11 Å². The van der Waals surface area contributed by atoms with Crippen molar-refractivity contribution in [3.63, 3.8) is 0 Å². The van der Waals surface area contributed by atoms with E-state index in [1.807, 2.05) is 19.1 Å². The Balaban J connectivity index is 1.69. The first-order valence-corrected chi connectivity index (χ1v) is 13.9. The molecule has 0 bridgehead atoms. The third-order valence-corrected chi connectivity index (χ3v) is 7.28. The minimum absolute atomic E-state index is 0.0274. The van der Waals surface area contributed by atoms with E-state index in [9.17, 15) is 5.11 Å². The summed E-state index contributed by atoms with van der Waals surface area (Å²) >= 11 is 0. The molecule has 194 valence electrons. The van der Waals surface area contributed by atoms with Crippen LogP contribution in [0.1, 0.15) is 102 Å². The van der Waals surface area contributed by atoms with E-state index in [4.69, 9.17) is 0 Å². The van der Waals surface area contributed by atoms with Crippen molar-refractivity contribution >= 4 is 0 Å². The van der Waals surface area contributed by atoms with Gasteiger partial charge >= 0.3 is 0 Å². The molecule has 0 aliphatic rings. The van der Waals surface area contributed by atoms with Crippen LogP contribution in [0.15, 0.2) is 54.6 Å². The highest BCUT2D eigenvalue weighted by Crippen LogP contribution is 2.38. The summed E-state index contributed by atoms with van der Waals surface area (Å²) in [4.78, 5) is 0. The summed E-state index contributed by atoms with van der Waals surface area (Å²) in [6, 6.07) is 16.4. The maximum absolute atomic E-state index is 15.1. The minimum atomic E-state index is -0.595. The number of phenolic OH excluding ortho intramolecular Hbond substituents is 1. The Labute approximate surface area is 216 Å². The summed E-state index contributed by atoms with van der Waals surface area (Å²) < 4.78 is 30.1. The molecule has 0 saturated heterocycles. The molecular formula is C33H42F2O. The van der Waals surface area contributed by atoms with E-state index < -0.39 is 11.6 Å². The number of aromatic hydroxyl groups is 1. The van der Waals surface area contributed by atoms with E-state index in [0.717, 1.165) is 37.7 Å². The number of aryl methyl sites for hydroxylation is 1. The minimum Gasteiger partial charge on any atom is -0.504 e. The molecule has 3 aromatic rings. The maximum Gasteiger partial charge on any atom is 0.168 e. The summed E-state index contributed by atoms with van der Waals surface area (Å²) in [5.41, 5.74) is 3.90. The standard InChI is InChI=1S/C33H42F2O/c1-4-6-8-9-10-12-14-25-15-17-26(18-16-25)29-20-19-27(23-31(29)34)30-22-21-28(32(35)33(30)36)24(3)13-11-7-5-2/h15-24,36H,4-14H2,1-3H3/t24-/m1/s1. The fourth-order valence-electron chi connectivity index (χ4n) is 4.93. The van der Waals surface area contributed by atoms with Gasteiger partial charge < -0.3 is 5.11 Å². The molecule has 36 heavy (non-hydrogen) atoms. The number of hydrogen-bond donors (Lipinski definition) is 1. The van der Waals surface area contributed by atoms with Gasteiger partial charge in [-0.2, -0.15) is 0 Å². The predicted octanol–water partition coefficient (Wildman–Crippen LogP) is 10.6. The van der Waals surface area contributed by atoms with Gasteiger partial charge in [0.1, 0.15) is 5.82 Å². The van der Waals surface area contributed by atoms with Crippen LogP contribution in [0, 0.1) is 11.6 Å². The SMILES string of the molecule is CCCCCCCCc1ccc(-c2ccc(-c3ccc([C@H](C)CCCCC)c(F)c3O)cc2F)cc1. The van der Waals surface area contributed by atoms with Gasteiger partial charge in [-0.15, -0.1) is 0 Å². The monoisotopic (exact) mass is 492 g/mol. The van der Waals surface area contributed by atoms with Gasteiger partial charge in [0.2, 0.25) is 0 Å². The lowest BCUT2D eigenvalue weighted by Crippen LogP contribution is -1.99. The number of rotatable bonds is 14. The molecule has 0 spiro atoms. The van der Waals surface area contributed by atoms with E-state index in [1.54, 1.807) is 24.3 Å². The van der Waals surface area contributed by atoms with E-state index >= 15 is 8.78 Å². The molecule has 0 saturated carbocycles. The number of unbranched alkanes of at least 4 members (excludes halogenated alkanes) is 7. The van der Waals surface area contributed by atoms with Crippen molar-refractivity contribution in [3.8, 4) is 28.0 Å². The van der Waals surface area contributed by atoms with Crippen LogP contribution in [0.5, 0.6) is 5.75 Å². The van der Waals surface area contributed by atoms with Crippen LogP contribution in [0.3, 0.4) is 0 Å². The second-order valence-corrected chi connectivity index (χ2v) is 10.2. The fraction of sp³-hybridized carbons (Fsp3) is 0.455. The molecule has 3 rings (SSSR count). The molecule has 1 N–H and O–H groups in total. The summed E-state index contributed by atoms with van der Waals surface area (Å²) in [7, 11) is 0. The van der Waals surface area contributed by atoms with Crippen molar-refractivity contribution in [1.29, 1.82) is 0 Å². The average molecular weight is 493 g/mol. The smallest absolute Gasteiger partial charge is 0.168 e. The Morgan fingerprint density at radius 3 is 2.00 bits per heavy atom. The highest BCUT2D eigenvalue weighted by molar-refractivity contribution is 5.75. The Kier molecular flexibility index (Phi) is 11.0. The molecule has 3 heteroatoms. The molecule has 0 fully saturated rings. The molecule has 0 unspecified atom stereocenters. The van der Waals surface area contributed by atoms with Crippen LogP contribution < -0.4 is 0 Å². The molecule has 3 aromatic carbocycles. The normalized spacial score (nSPS) is 12.1. The first kappa shape index (κ1) is 27.9. The van der Waals surface area contributed by atoms with Crippen LogP contribution in [-0.2, 0) is 6.42 Å². The molecule has 0 aliphatic carbocycles. The predicted molar refractivity (Wildman–Crippen MR) is 149 cm³/mol.